The first-order chi connectivity index (χ1) is 9.20. The lowest BCUT2D eigenvalue weighted by Crippen LogP contribution is -2.33. The van der Waals surface area contributed by atoms with Gasteiger partial charge in [0.1, 0.15) is 0 Å². The number of para-hydroxylation sites is 1. The molecular formula is C15H21N3O. The van der Waals surface area contributed by atoms with Crippen molar-refractivity contribution in [2.24, 2.45) is 5.92 Å². The van der Waals surface area contributed by atoms with Gasteiger partial charge in [0, 0.05) is 23.6 Å². The summed E-state index contributed by atoms with van der Waals surface area (Å²) in [7, 11) is 1.92. The van der Waals surface area contributed by atoms with Gasteiger partial charge in [0.05, 0.1) is 6.42 Å². The SMILES string of the molecule is CNCC(C)CNC(=O)Cc1c[nH]c2ccccc12. The second-order valence-corrected chi connectivity index (χ2v) is 5.00. The molecule has 1 unspecified atom stereocenters. The van der Waals surface area contributed by atoms with E-state index < -0.39 is 0 Å². The predicted octanol–water partition coefficient (Wildman–Crippen LogP) is 1.68. The number of hydrogen-bond donors (Lipinski definition) is 3. The molecule has 1 atom stereocenters. The van der Waals surface area contributed by atoms with E-state index in [0.29, 0.717) is 18.9 Å². The molecule has 0 fully saturated rings. The van der Waals surface area contributed by atoms with Gasteiger partial charge in [-0.1, -0.05) is 25.1 Å². The highest BCUT2D eigenvalue weighted by atomic mass is 16.1. The summed E-state index contributed by atoms with van der Waals surface area (Å²) in [6, 6.07) is 8.04. The van der Waals surface area contributed by atoms with E-state index in [1.807, 2.05) is 37.5 Å². The molecule has 0 aliphatic carbocycles. The van der Waals surface area contributed by atoms with Crippen LogP contribution in [0.25, 0.3) is 10.9 Å². The number of hydrogen-bond acceptors (Lipinski definition) is 2. The minimum atomic E-state index is 0.0766. The van der Waals surface area contributed by atoms with Crippen LogP contribution in [-0.4, -0.2) is 31.0 Å². The number of carbonyl (C=O) groups is 1. The normalized spacial score (nSPS) is 12.5. The minimum absolute atomic E-state index is 0.0766. The van der Waals surface area contributed by atoms with Gasteiger partial charge >= 0.3 is 0 Å². The maximum absolute atomic E-state index is 11.9. The van der Waals surface area contributed by atoms with Crippen molar-refractivity contribution in [2.75, 3.05) is 20.1 Å². The Bertz CT molecular complexity index is 547. The summed E-state index contributed by atoms with van der Waals surface area (Å²) in [6.07, 6.45) is 2.34. The molecule has 0 bridgehead atoms. The second kappa shape index (κ2) is 6.38. The highest BCUT2D eigenvalue weighted by Crippen LogP contribution is 2.17. The number of H-pyrrole nitrogens is 1. The third-order valence-electron chi connectivity index (χ3n) is 3.23. The number of nitrogens with one attached hydrogen (secondary N) is 3. The van der Waals surface area contributed by atoms with Crippen LogP contribution in [0.5, 0.6) is 0 Å². The van der Waals surface area contributed by atoms with Gasteiger partial charge in [-0.05, 0) is 31.1 Å². The van der Waals surface area contributed by atoms with E-state index in [1.165, 1.54) is 0 Å². The fourth-order valence-corrected chi connectivity index (χ4v) is 2.22. The van der Waals surface area contributed by atoms with Crippen LogP contribution >= 0.6 is 0 Å². The van der Waals surface area contributed by atoms with E-state index in [4.69, 9.17) is 0 Å². The van der Waals surface area contributed by atoms with Gasteiger partial charge in [-0.15, -0.1) is 0 Å². The van der Waals surface area contributed by atoms with Crippen LogP contribution in [0.2, 0.25) is 0 Å². The van der Waals surface area contributed by atoms with Gasteiger partial charge in [-0.2, -0.15) is 0 Å². The molecular weight excluding hydrogens is 238 g/mol. The van der Waals surface area contributed by atoms with Crippen molar-refractivity contribution in [3.05, 3.63) is 36.0 Å². The highest BCUT2D eigenvalue weighted by molar-refractivity contribution is 5.88. The number of aromatic nitrogens is 1. The molecule has 1 heterocycles. The molecule has 0 spiro atoms. The Morgan fingerprint density at radius 2 is 2.11 bits per heavy atom. The van der Waals surface area contributed by atoms with E-state index in [2.05, 4.69) is 22.5 Å². The number of benzene rings is 1. The first kappa shape index (κ1) is 13.6. The maximum atomic E-state index is 11.9. The summed E-state index contributed by atoms with van der Waals surface area (Å²) in [5, 5.41) is 7.21. The lowest BCUT2D eigenvalue weighted by molar-refractivity contribution is -0.120. The number of carbonyl (C=O) groups excluding carboxylic acids is 1. The second-order valence-electron chi connectivity index (χ2n) is 5.00. The fourth-order valence-electron chi connectivity index (χ4n) is 2.22. The average molecular weight is 259 g/mol. The van der Waals surface area contributed by atoms with Gasteiger partial charge in [-0.3, -0.25) is 4.79 Å². The molecule has 1 aromatic heterocycles. The Morgan fingerprint density at radius 1 is 1.32 bits per heavy atom. The van der Waals surface area contributed by atoms with Gasteiger partial charge in [-0.25, -0.2) is 0 Å². The summed E-state index contributed by atoms with van der Waals surface area (Å²) in [6.45, 7) is 3.73. The minimum Gasteiger partial charge on any atom is -0.361 e. The van der Waals surface area contributed by atoms with Crippen LogP contribution in [0.4, 0.5) is 0 Å². The van der Waals surface area contributed by atoms with Crippen molar-refractivity contribution < 1.29 is 4.79 Å². The quantitative estimate of drug-likeness (QED) is 0.739. The van der Waals surface area contributed by atoms with Gasteiger partial charge in [0.25, 0.3) is 0 Å². The molecule has 1 amide bonds. The first-order valence-corrected chi connectivity index (χ1v) is 6.67. The number of fused-ring (bicyclic) bond motifs is 1. The van der Waals surface area contributed by atoms with Crippen molar-refractivity contribution in [1.82, 2.24) is 15.6 Å². The summed E-state index contributed by atoms with van der Waals surface area (Å²) in [5.74, 6) is 0.518. The molecule has 2 aromatic rings. The summed E-state index contributed by atoms with van der Waals surface area (Å²) in [5.41, 5.74) is 2.13. The van der Waals surface area contributed by atoms with Crippen molar-refractivity contribution in [3.63, 3.8) is 0 Å². The van der Waals surface area contributed by atoms with Crippen molar-refractivity contribution in [2.45, 2.75) is 13.3 Å². The van der Waals surface area contributed by atoms with Crippen LogP contribution < -0.4 is 10.6 Å². The molecule has 4 nitrogen and oxygen atoms in total. The standard InChI is InChI=1S/C15H21N3O/c1-11(8-16-2)9-18-15(19)7-12-10-17-14-6-4-3-5-13(12)14/h3-6,10-11,16-17H,7-9H2,1-2H3,(H,18,19). The number of aromatic amines is 1. The van der Waals surface area contributed by atoms with Gasteiger partial charge in [0.2, 0.25) is 5.91 Å². The van der Waals surface area contributed by atoms with Gasteiger partial charge in [0.15, 0.2) is 0 Å². The Morgan fingerprint density at radius 3 is 2.89 bits per heavy atom. The highest BCUT2D eigenvalue weighted by Gasteiger charge is 2.09. The third-order valence-corrected chi connectivity index (χ3v) is 3.23. The molecule has 0 radical (unpaired) electrons. The molecule has 0 saturated carbocycles. The zero-order valence-electron chi connectivity index (χ0n) is 11.5. The van der Waals surface area contributed by atoms with E-state index in [1.54, 1.807) is 0 Å². The van der Waals surface area contributed by atoms with Crippen molar-refractivity contribution >= 4 is 16.8 Å². The number of amides is 1. The molecule has 3 N–H and O–H groups in total. The van der Waals surface area contributed by atoms with E-state index in [0.717, 1.165) is 23.0 Å². The van der Waals surface area contributed by atoms with Crippen LogP contribution in [0.1, 0.15) is 12.5 Å². The lowest BCUT2D eigenvalue weighted by Gasteiger charge is -2.11. The van der Waals surface area contributed by atoms with Gasteiger partial charge < -0.3 is 15.6 Å². The molecule has 0 saturated heterocycles. The van der Waals surface area contributed by atoms with E-state index >= 15 is 0 Å². The zero-order valence-corrected chi connectivity index (χ0v) is 11.5. The molecule has 102 valence electrons. The Labute approximate surface area is 113 Å². The summed E-state index contributed by atoms with van der Waals surface area (Å²) < 4.78 is 0. The zero-order chi connectivity index (χ0) is 13.7. The predicted molar refractivity (Wildman–Crippen MR) is 78.1 cm³/mol. The van der Waals surface area contributed by atoms with Crippen LogP contribution in [0, 0.1) is 5.92 Å². The van der Waals surface area contributed by atoms with Crippen LogP contribution in [-0.2, 0) is 11.2 Å². The fraction of sp³-hybridized carbons (Fsp3) is 0.400. The van der Waals surface area contributed by atoms with Crippen LogP contribution in [0.3, 0.4) is 0 Å². The maximum Gasteiger partial charge on any atom is 0.224 e. The molecule has 0 aliphatic rings. The first-order valence-electron chi connectivity index (χ1n) is 6.67. The van der Waals surface area contributed by atoms with E-state index in [-0.39, 0.29) is 5.91 Å². The molecule has 1 aromatic carbocycles. The van der Waals surface area contributed by atoms with Crippen LogP contribution in [0.15, 0.2) is 30.5 Å². The number of rotatable bonds is 6. The monoisotopic (exact) mass is 259 g/mol. The lowest BCUT2D eigenvalue weighted by atomic mass is 10.1. The molecule has 0 aliphatic heterocycles. The summed E-state index contributed by atoms with van der Waals surface area (Å²) in [4.78, 5) is 15.1. The Kier molecular flexibility index (Phi) is 4.58. The van der Waals surface area contributed by atoms with Crippen molar-refractivity contribution in [3.8, 4) is 0 Å². The molecule has 4 heteroatoms. The Hall–Kier alpha value is -1.81. The smallest absolute Gasteiger partial charge is 0.224 e. The molecule has 19 heavy (non-hydrogen) atoms. The van der Waals surface area contributed by atoms with Crippen molar-refractivity contribution in [1.29, 1.82) is 0 Å². The van der Waals surface area contributed by atoms with E-state index in [9.17, 15) is 4.79 Å². The summed E-state index contributed by atoms with van der Waals surface area (Å²) >= 11 is 0. The molecule has 2 rings (SSSR count). The largest absolute Gasteiger partial charge is 0.361 e. The average Bonchev–Trinajstić information content (AvgIpc) is 2.80. The third kappa shape index (κ3) is 3.58. The Balaban J connectivity index is 1.92. The topological polar surface area (TPSA) is 56.9 Å².